The molecule has 1 saturated carbocycles. The molecule has 0 aliphatic heterocycles. The zero-order valence-electron chi connectivity index (χ0n) is 20.5. The number of urea groups is 1. The minimum atomic E-state index is -4.01. The van der Waals surface area contributed by atoms with Crippen LogP contribution in [-0.2, 0) is 14.8 Å². The summed E-state index contributed by atoms with van der Waals surface area (Å²) in [5, 5.41) is 2.61. The molecule has 3 amide bonds. The number of thiazole rings is 1. The van der Waals surface area contributed by atoms with Crippen LogP contribution in [0, 0.1) is 17.6 Å². The number of nitrogens with one attached hydrogen (secondary N) is 1. The molecule has 1 aromatic heterocycles. The van der Waals surface area contributed by atoms with Crippen LogP contribution < -0.4 is 10.2 Å². The number of amides is 3. The fraction of sp³-hybridized carbons (Fsp3) is 0.522. The van der Waals surface area contributed by atoms with Crippen LogP contribution in [0.15, 0.2) is 28.6 Å². The number of sulfonamides is 1. The van der Waals surface area contributed by atoms with E-state index < -0.39 is 27.7 Å². The van der Waals surface area contributed by atoms with Crippen molar-refractivity contribution >= 4 is 44.1 Å². The largest absolute Gasteiger partial charge is 0.342 e. The van der Waals surface area contributed by atoms with Gasteiger partial charge < -0.3 is 4.90 Å². The van der Waals surface area contributed by atoms with Gasteiger partial charge in [-0.15, -0.1) is 0 Å². The van der Waals surface area contributed by atoms with Crippen LogP contribution in [-0.4, -0.2) is 67.8 Å². The molecule has 2 aromatic rings. The molecule has 0 unspecified atom stereocenters. The Bertz CT molecular complexity index is 1180. The van der Waals surface area contributed by atoms with E-state index in [1.807, 2.05) is 13.8 Å². The molecule has 1 N–H and O–H groups in total. The lowest BCUT2D eigenvalue weighted by atomic mass is 10.1. The van der Waals surface area contributed by atoms with E-state index in [4.69, 9.17) is 0 Å². The standard InChI is InChI=1S/C23H31F2N5O4S2/c1-4-29(5-2)20(31)15-28(3)36(33,34)21-13-26-22(35-21)27-23(32)30(14-16-8-6-7-9-16)17-10-11-18(24)19(25)12-17/h10-13,16H,4-9,14-15H2,1-3H3,(H,26,27,32). The van der Waals surface area contributed by atoms with Gasteiger partial charge in [-0.2, -0.15) is 4.31 Å². The van der Waals surface area contributed by atoms with Crippen molar-refractivity contribution in [3.63, 3.8) is 0 Å². The minimum Gasteiger partial charge on any atom is -0.342 e. The Morgan fingerprint density at radius 3 is 2.42 bits per heavy atom. The van der Waals surface area contributed by atoms with Crippen LogP contribution in [0.2, 0.25) is 0 Å². The zero-order valence-corrected chi connectivity index (χ0v) is 22.2. The fourth-order valence-corrected chi connectivity index (χ4v) is 6.46. The van der Waals surface area contributed by atoms with E-state index in [-0.39, 0.29) is 33.4 Å². The van der Waals surface area contributed by atoms with E-state index in [0.717, 1.165) is 59.7 Å². The summed E-state index contributed by atoms with van der Waals surface area (Å²) in [6.07, 6.45) is 5.04. The van der Waals surface area contributed by atoms with E-state index in [2.05, 4.69) is 10.3 Å². The Hall–Kier alpha value is -2.64. The number of likely N-dealkylation sites (N-methyl/N-ethyl adjacent to an activating group) is 2. The molecule has 1 aliphatic rings. The number of hydrogen-bond donors (Lipinski definition) is 1. The third-order valence-electron chi connectivity index (χ3n) is 6.21. The van der Waals surface area contributed by atoms with Gasteiger partial charge in [-0.25, -0.2) is 27.0 Å². The molecule has 1 aliphatic carbocycles. The Morgan fingerprint density at radius 1 is 1.14 bits per heavy atom. The first-order chi connectivity index (χ1) is 17.1. The maximum absolute atomic E-state index is 13.9. The van der Waals surface area contributed by atoms with Crippen LogP contribution >= 0.6 is 11.3 Å². The van der Waals surface area contributed by atoms with Crippen LogP contribution in [0.25, 0.3) is 0 Å². The number of benzene rings is 1. The highest BCUT2D eigenvalue weighted by Crippen LogP contribution is 2.30. The molecule has 3 rings (SSSR count). The highest BCUT2D eigenvalue weighted by atomic mass is 32.2. The van der Waals surface area contributed by atoms with Crippen molar-refractivity contribution in [2.45, 2.75) is 43.7 Å². The minimum absolute atomic E-state index is 0.0288. The first kappa shape index (κ1) is 27.9. The molecule has 1 fully saturated rings. The van der Waals surface area contributed by atoms with Crippen LogP contribution in [0.4, 0.5) is 24.4 Å². The number of aromatic nitrogens is 1. The topological polar surface area (TPSA) is 103 Å². The zero-order chi connectivity index (χ0) is 26.5. The van der Waals surface area contributed by atoms with E-state index in [1.165, 1.54) is 22.9 Å². The van der Waals surface area contributed by atoms with E-state index >= 15 is 0 Å². The van der Waals surface area contributed by atoms with Gasteiger partial charge >= 0.3 is 6.03 Å². The van der Waals surface area contributed by atoms with Gasteiger partial charge in [0.1, 0.15) is 0 Å². The number of anilines is 2. The summed E-state index contributed by atoms with van der Waals surface area (Å²) in [6.45, 7) is 4.54. The number of halogens is 2. The Balaban J connectivity index is 1.75. The molecule has 0 bridgehead atoms. The maximum Gasteiger partial charge on any atom is 0.328 e. The van der Waals surface area contributed by atoms with Crippen molar-refractivity contribution in [2.24, 2.45) is 5.92 Å². The second-order valence-electron chi connectivity index (χ2n) is 8.60. The molecular formula is C23H31F2N5O4S2. The maximum atomic E-state index is 13.9. The Labute approximate surface area is 214 Å². The quantitative estimate of drug-likeness (QED) is 0.485. The van der Waals surface area contributed by atoms with Crippen molar-refractivity contribution in [2.75, 3.05) is 43.4 Å². The summed E-state index contributed by atoms with van der Waals surface area (Å²) in [5.41, 5.74) is 0.192. The van der Waals surface area contributed by atoms with Gasteiger partial charge in [0.25, 0.3) is 10.0 Å². The average molecular weight is 544 g/mol. The third-order valence-corrected chi connectivity index (χ3v) is 9.37. The Morgan fingerprint density at radius 2 is 1.81 bits per heavy atom. The monoisotopic (exact) mass is 543 g/mol. The van der Waals surface area contributed by atoms with Crippen LogP contribution in [0.3, 0.4) is 0 Å². The molecule has 1 heterocycles. The molecule has 9 nitrogen and oxygen atoms in total. The van der Waals surface area contributed by atoms with Gasteiger partial charge in [0, 0.05) is 38.4 Å². The number of carbonyl (C=O) groups is 2. The van der Waals surface area contributed by atoms with Crippen molar-refractivity contribution in [3.8, 4) is 0 Å². The highest BCUT2D eigenvalue weighted by Gasteiger charge is 2.28. The molecule has 1 aromatic carbocycles. The summed E-state index contributed by atoms with van der Waals surface area (Å²) in [6, 6.07) is 2.62. The van der Waals surface area contributed by atoms with Crippen molar-refractivity contribution in [3.05, 3.63) is 36.0 Å². The lowest BCUT2D eigenvalue weighted by Crippen LogP contribution is -2.40. The van der Waals surface area contributed by atoms with Gasteiger partial charge in [-0.3, -0.25) is 15.0 Å². The van der Waals surface area contributed by atoms with Gasteiger partial charge in [-0.1, -0.05) is 24.2 Å². The number of rotatable bonds is 10. The lowest BCUT2D eigenvalue weighted by molar-refractivity contribution is -0.130. The molecule has 0 saturated heterocycles. The van der Waals surface area contributed by atoms with Crippen LogP contribution in [0.5, 0.6) is 0 Å². The number of hydrogen-bond acceptors (Lipinski definition) is 6. The Kier molecular flexibility index (Phi) is 9.36. The number of nitrogens with zero attached hydrogens (tertiary/aromatic N) is 4. The SMILES string of the molecule is CCN(CC)C(=O)CN(C)S(=O)(=O)c1cnc(NC(=O)N(CC2CCCC2)c2ccc(F)c(F)c2)s1. The van der Waals surface area contributed by atoms with E-state index in [0.29, 0.717) is 19.6 Å². The lowest BCUT2D eigenvalue weighted by Gasteiger charge is -2.25. The first-order valence-electron chi connectivity index (χ1n) is 11.8. The van der Waals surface area contributed by atoms with E-state index in [1.54, 1.807) is 0 Å². The van der Waals surface area contributed by atoms with Gasteiger partial charge in [0.15, 0.2) is 21.0 Å². The summed E-state index contributed by atoms with van der Waals surface area (Å²) in [7, 11) is -2.71. The normalized spacial score (nSPS) is 14.3. The second-order valence-corrected chi connectivity index (χ2v) is 11.9. The van der Waals surface area contributed by atoms with Gasteiger partial charge in [0.2, 0.25) is 5.91 Å². The van der Waals surface area contributed by atoms with Crippen LogP contribution in [0.1, 0.15) is 39.5 Å². The molecule has 198 valence electrons. The van der Waals surface area contributed by atoms with Crippen molar-refractivity contribution in [1.82, 2.24) is 14.2 Å². The average Bonchev–Trinajstić information content (AvgIpc) is 3.52. The third kappa shape index (κ3) is 6.56. The summed E-state index contributed by atoms with van der Waals surface area (Å²) in [4.78, 5) is 32.3. The molecule has 0 radical (unpaired) electrons. The van der Waals surface area contributed by atoms with Crippen molar-refractivity contribution < 1.29 is 26.8 Å². The molecule has 36 heavy (non-hydrogen) atoms. The summed E-state index contributed by atoms with van der Waals surface area (Å²) >= 11 is 0.746. The van der Waals surface area contributed by atoms with E-state index in [9.17, 15) is 26.8 Å². The molecule has 13 heteroatoms. The first-order valence-corrected chi connectivity index (χ1v) is 14.1. The summed E-state index contributed by atoms with van der Waals surface area (Å²) in [5.74, 6) is -2.19. The second kappa shape index (κ2) is 12.1. The summed E-state index contributed by atoms with van der Waals surface area (Å²) < 4.78 is 54.1. The smallest absolute Gasteiger partial charge is 0.328 e. The predicted octanol–water partition coefficient (Wildman–Crippen LogP) is 4.14. The fourth-order valence-electron chi connectivity index (χ4n) is 4.11. The number of carbonyl (C=O) groups excluding carboxylic acids is 2. The highest BCUT2D eigenvalue weighted by molar-refractivity contribution is 7.91. The molecule has 0 spiro atoms. The van der Waals surface area contributed by atoms with Crippen molar-refractivity contribution in [1.29, 1.82) is 0 Å². The predicted molar refractivity (Wildman–Crippen MR) is 135 cm³/mol. The molecule has 0 atom stereocenters. The van der Waals surface area contributed by atoms with Gasteiger partial charge in [-0.05, 0) is 44.7 Å². The van der Waals surface area contributed by atoms with Gasteiger partial charge in [0.05, 0.1) is 12.7 Å². The molecular weight excluding hydrogens is 512 g/mol.